The van der Waals surface area contributed by atoms with Gasteiger partial charge in [-0.15, -0.1) is 0 Å². The molecule has 0 spiro atoms. The molecule has 0 fully saturated rings. The van der Waals surface area contributed by atoms with Crippen molar-refractivity contribution in [3.8, 4) is 22.5 Å². The third-order valence-corrected chi connectivity index (χ3v) is 4.33. The monoisotopic (exact) mass is 321 g/mol. The molecular formula is C19H10N2NaO2. The molecule has 0 saturated heterocycles. The molecule has 4 aromatic rings. The third-order valence-electron chi connectivity index (χ3n) is 4.33. The third kappa shape index (κ3) is 2.01. The minimum Gasteiger partial charge on any atom is -0.478 e. The number of fused-ring (bicyclic) bond motifs is 4. The molecule has 5 rings (SSSR count). The van der Waals surface area contributed by atoms with Crippen molar-refractivity contribution in [3.05, 3.63) is 60.2 Å². The second kappa shape index (κ2) is 5.38. The molecule has 1 heterocycles. The molecule has 1 N–H and O–H groups in total. The van der Waals surface area contributed by atoms with Crippen LogP contribution in [0.1, 0.15) is 10.4 Å². The van der Waals surface area contributed by atoms with Gasteiger partial charge in [0.05, 0.1) is 28.0 Å². The normalized spacial score (nSPS) is 11.3. The Balaban J connectivity index is 0.00000146. The summed E-state index contributed by atoms with van der Waals surface area (Å²) in [5.41, 5.74) is 5.37. The van der Waals surface area contributed by atoms with Gasteiger partial charge in [0, 0.05) is 46.1 Å². The van der Waals surface area contributed by atoms with Gasteiger partial charge in [-0.3, -0.25) is 0 Å². The number of aromatic carboxylic acids is 1. The number of aromatic nitrogens is 2. The van der Waals surface area contributed by atoms with Gasteiger partial charge in [0.2, 0.25) is 0 Å². The summed E-state index contributed by atoms with van der Waals surface area (Å²) >= 11 is 0. The minimum absolute atomic E-state index is 0. The fraction of sp³-hybridized carbons (Fsp3) is 0. The number of carboxylic acids is 1. The van der Waals surface area contributed by atoms with Gasteiger partial charge in [0.15, 0.2) is 0 Å². The van der Waals surface area contributed by atoms with E-state index in [1.54, 1.807) is 18.2 Å². The number of nitrogens with zero attached hydrogens (tertiary/aromatic N) is 2. The predicted octanol–water partition coefficient (Wildman–Crippen LogP) is 3.75. The SMILES string of the molecule is O=C(O)c1ccc2nc3c(nc2c1)-c1cccc2cccc-3c12.[Na]. The molecule has 0 saturated carbocycles. The van der Waals surface area contributed by atoms with E-state index in [0.717, 1.165) is 27.9 Å². The number of hydrogen-bond acceptors (Lipinski definition) is 3. The second-order valence-electron chi connectivity index (χ2n) is 5.64. The van der Waals surface area contributed by atoms with Crippen molar-refractivity contribution < 1.29 is 9.90 Å². The molecule has 1 aromatic heterocycles. The van der Waals surface area contributed by atoms with E-state index < -0.39 is 5.97 Å². The summed E-state index contributed by atoms with van der Waals surface area (Å²) in [6.45, 7) is 0. The van der Waals surface area contributed by atoms with E-state index in [2.05, 4.69) is 18.2 Å². The number of rotatable bonds is 1. The zero-order valence-corrected chi connectivity index (χ0v) is 14.9. The standard InChI is InChI=1S/C19H10N2O2.Na/c22-19(23)11-7-8-14-15(9-11)21-18-13-6-2-4-10-3-1-5-12(16(10)13)17(18)20-14;/h1-9H,(H,22,23);. The summed E-state index contributed by atoms with van der Waals surface area (Å²) in [5, 5.41) is 11.5. The smallest absolute Gasteiger partial charge is 0.335 e. The van der Waals surface area contributed by atoms with Crippen LogP contribution in [-0.2, 0) is 0 Å². The molecule has 1 aliphatic carbocycles. The van der Waals surface area contributed by atoms with Gasteiger partial charge in [0.1, 0.15) is 0 Å². The summed E-state index contributed by atoms with van der Waals surface area (Å²) in [4.78, 5) is 20.6. The van der Waals surface area contributed by atoms with Crippen LogP contribution in [0.2, 0.25) is 0 Å². The Morgan fingerprint density at radius 1 is 0.833 bits per heavy atom. The molecule has 5 heteroatoms. The Bertz CT molecular complexity index is 1150. The Hall–Kier alpha value is -2.27. The van der Waals surface area contributed by atoms with Crippen LogP contribution in [0, 0.1) is 0 Å². The molecule has 0 aliphatic heterocycles. The maximum atomic E-state index is 11.2. The zero-order valence-electron chi connectivity index (χ0n) is 12.9. The molecule has 0 amide bonds. The molecule has 1 aliphatic rings. The van der Waals surface area contributed by atoms with Gasteiger partial charge >= 0.3 is 5.97 Å². The average Bonchev–Trinajstić information content (AvgIpc) is 2.88. The Kier molecular flexibility index (Phi) is 3.42. The topological polar surface area (TPSA) is 63.1 Å². The van der Waals surface area contributed by atoms with Crippen molar-refractivity contribution in [1.29, 1.82) is 0 Å². The predicted molar refractivity (Wildman–Crippen MR) is 94.2 cm³/mol. The molecule has 0 unspecified atom stereocenters. The molecule has 4 nitrogen and oxygen atoms in total. The first-order chi connectivity index (χ1) is 11.2. The van der Waals surface area contributed by atoms with Crippen LogP contribution in [-0.4, -0.2) is 50.6 Å². The van der Waals surface area contributed by atoms with Gasteiger partial charge < -0.3 is 5.11 Å². The number of carbonyl (C=O) groups is 1. The van der Waals surface area contributed by atoms with Crippen molar-refractivity contribution in [2.45, 2.75) is 0 Å². The zero-order chi connectivity index (χ0) is 15.6. The molecule has 3 aromatic carbocycles. The molecule has 109 valence electrons. The van der Waals surface area contributed by atoms with Crippen LogP contribution in [0.4, 0.5) is 0 Å². The van der Waals surface area contributed by atoms with Crippen molar-refractivity contribution in [2.75, 3.05) is 0 Å². The van der Waals surface area contributed by atoms with E-state index in [1.165, 1.54) is 5.39 Å². The largest absolute Gasteiger partial charge is 0.478 e. The second-order valence-corrected chi connectivity index (χ2v) is 5.64. The Labute approximate surface area is 159 Å². The number of carboxylic acid groups (broad SMARTS) is 1. The van der Waals surface area contributed by atoms with Crippen molar-refractivity contribution >= 4 is 57.3 Å². The number of benzene rings is 3. The van der Waals surface area contributed by atoms with Gasteiger partial charge in [0.25, 0.3) is 0 Å². The number of hydrogen-bond donors (Lipinski definition) is 1. The fourth-order valence-corrected chi connectivity index (χ4v) is 3.30. The van der Waals surface area contributed by atoms with Crippen LogP contribution in [0.15, 0.2) is 54.6 Å². The molecular weight excluding hydrogens is 311 g/mol. The van der Waals surface area contributed by atoms with Gasteiger partial charge in [-0.25, -0.2) is 14.8 Å². The molecule has 24 heavy (non-hydrogen) atoms. The first-order valence-electron chi connectivity index (χ1n) is 7.30. The quantitative estimate of drug-likeness (QED) is 0.478. The Morgan fingerprint density at radius 3 is 2.08 bits per heavy atom. The first-order valence-corrected chi connectivity index (χ1v) is 7.30. The van der Waals surface area contributed by atoms with Gasteiger partial charge in [-0.05, 0) is 23.6 Å². The van der Waals surface area contributed by atoms with Crippen LogP contribution < -0.4 is 0 Å². The summed E-state index contributed by atoms with van der Waals surface area (Å²) in [7, 11) is 0. The van der Waals surface area contributed by atoms with Crippen molar-refractivity contribution in [1.82, 2.24) is 9.97 Å². The Morgan fingerprint density at radius 2 is 1.46 bits per heavy atom. The fourth-order valence-electron chi connectivity index (χ4n) is 3.30. The molecule has 0 bridgehead atoms. The average molecular weight is 321 g/mol. The van der Waals surface area contributed by atoms with Crippen LogP contribution in [0.3, 0.4) is 0 Å². The first kappa shape index (κ1) is 15.3. The summed E-state index contributed by atoms with van der Waals surface area (Å²) in [5.74, 6) is -0.959. The summed E-state index contributed by atoms with van der Waals surface area (Å²) < 4.78 is 0. The summed E-state index contributed by atoms with van der Waals surface area (Å²) in [6.07, 6.45) is 0. The van der Waals surface area contributed by atoms with Crippen molar-refractivity contribution in [3.63, 3.8) is 0 Å². The summed E-state index contributed by atoms with van der Waals surface area (Å²) in [6, 6.07) is 17.2. The maximum Gasteiger partial charge on any atom is 0.335 e. The van der Waals surface area contributed by atoms with Crippen LogP contribution in [0.5, 0.6) is 0 Å². The van der Waals surface area contributed by atoms with E-state index in [4.69, 9.17) is 15.1 Å². The molecule has 1 radical (unpaired) electrons. The van der Waals surface area contributed by atoms with E-state index in [-0.39, 0.29) is 35.1 Å². The van der Waals surface area contributed by atoms with Crippen LogP contribution in [0.25, 0.3) is 44.3 Å². The van der Waals surface area contributed by atoms with Gasteiger partial charge in [-0.2, -0.15) is 0 Å². The van der Waals surface area contributed by atoms with Crippen LogP contribution >= 0.6 is 0 Å². The van der Waals surface area contributed by atoms with E-state index in [0.29, 0.717) is 11.0 Å². The van der Waals surface area contributed by atoms with E-state index in [1.807, 2.05) is 18.2 Å². The van der Waals surface area contributed by atoms with Crippen molar-refractivity contribution in [2.24, 2.45) is 0 Å². The minimum atomic E-state index is -0.959. The maximum absolute atomic E-state index is 11.2. The van der Waals surface area contributed by atoms with E-state index >= 15 is 0 Å². The molecule has 0 atom stereocenters. The van der Waals surface area contributed by atoms with Gasteiger partial charge in [-0.1, -0.05) is 36.4 Å². The van der Waals surface area contributed by atoms with E-state index in [9.17, 15) is 4.79 Å².